The van der Waals surface area contributed by atoms with Crippen molar-refractivity contribution in [2.45, 2.75) is 6.04 Å². The van der Waals surface area contributed by atoms with E-state index in [9.17, 15) is 14.9 Å². The van der Waals surface area contributed by atoms with E-state index in [1.807, 2.05) is 11.9 Å². The zero-order valence-corrected chi connectivity index (χ0v) is 13.3. The van der Waals surface area contributed by atoms with E-state index >= 15 is 0 Å². The Bertz CT molecular complexity index is 626. The number of nitrogens with zero attached hydrogens (tertiary/aromatic N) is 3. The molecule has 0 saturated carbocycles. The molecule has 8 nitrogen and oxygen atoms in total. The number of benzene rings is 1. The Morgan fingerprint density at radius 1 is 1.43 bits per heavy atom. The van der Waals surface area contributed by atoms with E-state index in [0.29, 0.717) is 24.3 Å². The number of hydrogen-bond acceptors (Lipinski definition) is 7. The van der Waals surface area contributed by atoms with Crippen molar-refractivity contribution in [3.8, 4) is 0 Å². The van der Waals surface area contributed by atoms with Gasteiger partial charge in [0.2, 0.25) is 0 Å². The van der Waals surface area contributed by atoms with Crippen LogP contribution in [0.2, 0.25) is 0 Å². The third-order valence-electron chi connectivity index (χ3n) is 3.81. The molecule has 1 aliphatic rings. The molecule has 23 heavy (non-hydrogen) atoms. The van der Waals surface area contributed by atoms with Crippen LogP contribution in [-0.2, 0) is 14.4 Å². The third kappa shape index (κ3) is 3.85. The van der Waals surface area contributed by atoms with Gasteiger partial charge in [0.1, 0.15) is 5.69 Å². The van der Waals surface area contributed by atoms with Crippen LogP contribution in [0.1, 0.15) is 5.56 Å². The van der Waals surface area contributed by atoms with E-state index in [0.717, 1.165) is 0 Å². The number of nitro benzene ring substituents is 1. The molecule has 0 bridgehead atoms. The highest BCUT2D eigenvalue weighted by atomic mass is 16.7. The highest BCUT2D eigenvalue weighted by molar-refractivity contribution is 5.87. The molecular formula is C15H19N3O5. The van der Waals surface area contributed by atoms with Crippen LogP contribution in [0.15, 0.2) is 24.3 Å². The number of ether oxygens (including phenoxy) is 1. The molecule has 2 rings (SSSR count). The Balaban J connectivity index is 2.17. The first-order valence-electron chi connectivity index (χ1n) is 7.02. The number of methoxy groups -OCH3 is 1. The van der Waals surface area contributed by atoms with Gasteiger partial charge in [-0.25, -0.2) is 4.79 Å². The fourth-order valence-corrected chi connectivity index (χ4v) is 2.32. The van der Waals surface area contributed by atoms with Gasteiger partial charge in [0.25, 0.3) is 5.69 Å². The van der Waals surface area contributed by atoms with Crippen LogP contribution in [0.4, 0.5) is 11.4 Å². The summed E-state index contributed by atoms with van der Waals surface area (Å²) in [4.78, 5) is 29.0. The summed E-state index contributed by atoms with van der Waals surface area (Å²) < 4.78 is 4.50. The minimum atomic E-state index is -0.509. The number of rotatable bonds is 6. The van der Waals surface area contributed by atoms with Gasteiger partial charge in [-0.15, -0.1) is 0 Å². The number of carbonyl (C=O) groups excluding carboxylic acids is 1. The van der Waals surface area contributed by atoms with E-state index in [-0.39, 0.29) is 11.7 Å². The normalized spacial score (nSPS) is 15.0. The fourth-order valence-electron chi connectivity index (χ4n) is 2.32. The number of esters is 1. The molecule has 124 valence electrons. The van der Waals surface area contributed by atoms with Crippen LogP contribution in [0.25, 0.3) is 6.08 Å². The average Bonchev–Trinajstić information content (AvgIpc) is 2.51. The van der Waals surface area contributed by atoms with E-state index in [1.54, 1.807) is 24.3 Å². The fraction of sp³-hybridized carbons (Fsp3) is 0.400. The maximum atomic E-state index is 11.3. The molecular weight excluding hydrogens is 302 g/mol. The lowest BCUT2D eigenvalue weighted by Crippen LogP contribution is -2.58. The second-order valence-electron chi connectivity index (χ2n) is 5.15. The molecule has 0 aromatic heterocycles. The molecule has 0 atom stereocenters. The third-order valence-corrected chi connectivity index (χ3v) is 3.81. The molecule has 1 aromatic carbocycles. The maximum Gasteiger partial charge on any atom is 0.330 e. The van der Waals surface area contributed by atoms with Gasteiger partial charge in [-0.05, 0) is 17.7 Å². The van der Waals surface area contributed by atoms with Crippen molar-refractivity contribution in [1.29, 1.82) is 0 Å². The maximum absolute atomic E-state index is 11.3. The number of carbonyl (C=O) groups is 1. The highest BCUT2D eigenvalue weighted by Crippen LogP contribution is 2.33. The van der Waals surface area contributed by atoms with Crippen molar-refractivity contribution in [1.82, 2.24) is 5.06 Å². The van der Waals surface area contributed by atoms with Crippen molar-refractivity contribution < 1.29 is 19.3 Å². The van der Waals surface area contributed by atoms with Crippen LogP contribution in [0.5, 0.6) is 0 Å². The van der Waals surface area contributed by atoms with Gasteiger partial charge in [0.15, 0.2) is 0 Å². The number of nitro groups is 1. The van der Waals surface area contributed by atoms with Gasteiger partial charge in [-0.2, -0.15) is 5.06 Å². The molecule has 0 N–H and O–H groups in total. The molecule has 1 heterocycles. The SMILES string of the molecule is COC(=O)/C=C/c1ccc(N2CC(N(C)OC)C2)c([N+](=O)[O-])c1. The highest BCUT2D eigenvalue weighted by Gasteiger charge is 2.34. The zero-order valence-electron chi connectivity index (χ0n) is 13.3. The Morgan fingerprint density at radius 3 is 2.70 bits per heavy atom. The van der Waals surface area contributed by atoms with Crippen molar-refractivity contribution in [2.24, 2.45) is 0 Å². The molecule has 1 aromatic rings. The first-order chi connectivity index (χ1) is 11.0. The minimum absolute atomic E-state index is 0.00976. The standard InChI is InChI=1S/C15H19N3O5/c1-16(23-3)12-9-17(10-12)13-6-4-11(5-7-15(19)22-2)8-14(13)18(20)21/h4-8,12H,9-10H2,1-3H3/b7-5+. The lowest BCUT2D eigenvalue weighted by Gasteiger charge is -2.43. The van der Waals surface area contributed by atoms with Gasteiger partial charge in [-0.1, -0.05) is 6.07 Å². The van der Waals surface area contributed by atoms with Crippen molar-refractivity contribution in [2.75, 3.05) is 39.3 Å². The second kappa shape index (κ2) is 7.21. The summed E-state index contributed by atoms with van der Waals surface area (Å²) in [5, 5.41) is 13.0. The lowest BCUT2D eigenvalue weighted by atomic mass is 10.1. The summed E-state index contributed by atoms with van der Waals surface area (Å²) in [6.07, 6.45) is 2.71. The van der Waals surface area contributed by atoms with Gasteiger partial charge < -0.3 is 14.5 Å². The van der Waals surface area contributed by atoms with Crippen LogP contribution in [0, 0.1) is 10.1 Å². The predicted molar refractivity (Wildman–Crippen MR) is 84.9 cm³/mol. The molecule has 8 heteroatoms. The molecule has 1 aliphatic heterocycles. The minimum Gasteiger partial charge on any atom is -0.466 e. The molecule has 0 aliphatic carbocycles. The average molecular weight is 321 g/mol. The van der Waals surface area contributed by atoms with Gasteiger partial charge in [0.05, 0.1) is 25.2 Å². The number of anilines is 1. The predicted octanol–water partition coefficient (Wildman–Crippen LogP) is 1.46. The second-order valence-corrected chi connectivity index (χ2v) is 5.15. The summed E-state index contributed by atoms with van der Waals surface area (Å²) in [6, 6.07) is 5.08. The largest absolute Gasteiger partial charge is 0.466 e. The molecule has 0 radical (unpaired) electrons. The van der Waals surface area contributed by atoms with Crippen molar-refractivity contribution in [3.05, 3.63) is 40.0 Å². The number of hydroxylamine groups is 2. The smallest absolute Gasteiger partial charge is 0.330 e. The summed E-state index contributed by atoms with van der Waals surface area (Å²) in [5.74, 6) is -0.509. The van der Waals surface area contributed by atoms with Crippen molar-refractivity contribution >= 4 is 23.4 Å². The van der Waals surface area contributed by atoms with Gasteiger partial charge in [-0.3, -0.25) is 10.1 Å². The Labute approximate surface area is 134 Å². The topological polar surface area (TPSA) is 85.2 Å². The summed E-state index contributed by atoms with van der Waals surface area (Å²) >= 11 is 0. The van der Waals surface area contributed by atoms with Crippen LogP contribution < -0.4 is 4.90 Å². The Kier molecular flexibility index (Phi) is 5.30. The zero-order chi connectivity index (χ0) is 17.0. The quantitative estimate of drug-likeness (QED) is 0.339. The Morgan fingerprint density at radius 2 is 2.13 bits per heavy atom. The first-order valence-corrected chi connectivity index (χ1v) is 7.02. The summed E-state index contributed by atoms with van der Waals surface area (Å²) in [5.41, 5.74) is 1.14. The van der Waals surface area contributed by atoms with E-state index in [2.05, 4.69) is 4.74 Å². The molecule has 0 spiro atoms. The molecule has 0 amide bonds. The van der Waals surface area contributed by atoms with E-state index < -0.39 is 10.9 Å². The van der Waals surface area contributed by atoms with Crippen LogP contribution in [0.3, 0.4) is 0 Å². The van der Waals surface area contributed by atoms with Crippen LogP contribution >= 0.6 is 0 Å². The Hall–Kier alpha value is -2.45. The van der Waals surface area contributed by atoms with Crippen molar-refractivity contribution in [3.63, 3.8) is 0 Å². The van der Waals surface area contributed by atoms with Gasteiger partial charge in [0, 0.05) is 32.3 Å². The molecule has 1 saturated heterocycles. The number of likely N-dealkylation sites (N-methyl/N-ethyl adjacent to an activating group) is 1. The van der Waals surface area contributed by atoms with Crippen LogP contribution in [-0.4, -0.2) is 56.4 Å². The van der Waals surface area contributed by atoms with E-state index in [4.69, 9.17) is 4.84 Å². The summed E-state index contributed by atoms with van der Waals surface area (Å²) in [7, 11) is 4.69. The summed E-state index contributed by atoms with van der Waals surface area (Å²) in [6.45, 7) is 1.31. The monoisotopic (exact) mass is 321 g/mol. The number of hydrogen-bond donors (Lipinski definition) is 0. The lowest BCUT2D eigenvalue weighted by molar-refractivity contribution is -0.384. The van der Waals surface area contributed by atoms with Gasteiger partial charge >= 0.3 is 5.97 Å². The molecule has 0 unspecified atom stereocenters. The van der Waals surface area contributed by atoms with E-state index in [1.165, 1.54) is 25.3 Å². The molecule has 1 fully saturated rings. The first kappa shape index (κ1) is 16.9.